The predicted octanol–water partition coefficient (Wildman–Crippen LogP) is 3.66. The van der Waals surface area contributed by atoms with E-state index in [0.717, 1.165) is 47.6 Å². The van der Waals surface area contributed by atoms with Crippen molar-refractivity contribution in [2.75, 3.05) is 5.32 Å². The Balaban J connectivity index is 1.23. The van der Waals surface area contributed by atoms with Gasteiger partial charge in [-0.1, -0.05) is 12.1 Å². The highest BCUT2D eigenvalue weighted by molar-refractivity contribution is 5.96. The average molecular weight is 383 g/mol. The van der Waals surface area contributed by atoms with Gasteiger partial charge >= 0.3 is 0 Å². The molecule has 6 nitrogen and oxygen atoms in total. The number of aromatic nitrogens is 3. The van der Waals surface area contributed by atoms with Crippen molar-refractivity contribution in [3.8, 4) is 6.07 Å². The third-order valence-electron chi connectivity index (χ3n) is 7.17. The fourth-order valence-electron chi connectivity index (χ4n) is 5.03. The Bertz CT molecular complexity index is 1220. The summed E-state index contributed by atoms with van der Waals surface area (Å²) in [6.07, 6.45) is 9.76. The maximum Gasteiger partial charge on any atom is 0.229 e. The number of anilines is 1. The molecule has 1 spiro atoms. The molecule has 0 aliphatic heterocycles. The number of fused-ring (bicyclic) bond motifs is 1. The van der Waals surface area contributed by atoms with Crippen LogP contribution >= 0.6 is 0 Å². The Morgan fingerprint density at radius 3 is 2.83 bits per heavy atom. The molecule has 6 rings (SSSR count). The summed E-state index contributed by atoms with van der Waals surface area (Å²) in [4.78, 5) is 17.1. The summed E-state index contributed by atoms with van der Waals surface area (Å²) in [5.41, 5.74) is 2.15. The summed E-state index contributed by atoms with van der Waals surface area (Å²) in [5, 5.41) is 19.0. The monoisotopic (exact) mass is 383 g/mol. The molecule has 0 radical (unpaired) electrons. The lowest BCUT2D eigenvalue weighted by atomic mass is 9.92. The molecule has 2 aromatic heterocycles. The van der Waals surface area contributed by atoms with E-state index in [2.05, 4.69) is 33.6 Å². The molecule has 2 heterocycles. The van der Waals surface area contributed by atoms with Crippen LogP contribution in [0, 0.1) is 22.7 Å². The van der Waals surface area contributed by atoms with Crippen LogP contribution in [0.5, 0.6) is 0 Å². The van der Waals surface area contributed by atoms with Gasteiger partial charge in [0.15, 0.2) is 0 Å². The van der Waals surface area contributed by atoms with E-state index in [1.54, 1.807) is 10.9 Å². The van der Waals surface area contributed by atoms with Gasteiger partial charge in [0.2, 0.25) is 5.91 Å². The van der Waals surface area contributed by atoms with Crippen molar-refractivity contribution < 1.29 is 4.79 Å². The zero-order chi connectivity index (χ0) is 19.8. The van der Waals surface area contributed by atoms with Gasteiger partial charge in [0.05, 0.1) is 17.7 Å². The van der Waals surface area contributed by atoms with Crippen molar-refractivity contribution in [2.45, 2.75) is 37.0 Å². The molecule has 0 unspecified atom stereocenters. The van der Waals surface area contributed by atoms with Gasteiger partial charge in [-0.05, 0) is 65.7 Å². The molecule has 3 aliphatic carbocycles. The Morgan fingerprint density at radius 1 is 1.28 bits per heavy atom. The zero-order valence-electron chi connectivity index (χ0n) is 16.2. The van der Waals surface area contributed by atoms with Gasteiger partial charge in [-0.25, -0.2) is 4.98 Å². The first-order valence-electron chi connectivity index (χ1n) is 10.1. The molecule has 6 heteroatoms. The molecule has 3 fully saturated rings. The highest BCUT2D eigenvalue weighted by Crippen LogP contribution is 2.78. The van der Waals surface area contributed by atoms with Crippen LogP contribution in [0.2, 0.25) is 0 Å². The van der Waals surface area contributed by atoms with Gasteiger partial charge in [-0.3, -0.25) is 9.48 Å². The van der Waals surface area contributed by atoms with E-state index in [1.165, 1.54) is 0 Å². The minimum absolute atomic E-state index is 0.00878. The third kappa shape index (κ3) is 2.43. The van der Waals surface area contributed by atoms with Crippen LogP contribution in [0.25, 0.3) is 10.8 Å². The molecule has 3 atom stereocenters. The first-order valence-corrected chi connectivity index (χ1v) is 10.1. The number of pyridine rings is 1. The van der Waals surface area contributed by atoms with Gasteiger partial charge in [0.25, 0.3) is 0 Å². The second-order valence-electron chi connectivity index (χ2n) is 8.99. The molecule has 1 amide bonds. The number of carbonyl (C=O) groups is 1. The summed E-state index contributed by atoms with van der Waals surface area (Å²) in [6, 6.07) is 10.7. The minimum Gasteiger partial charge on any atom is -0.310 e. The van der Waals surface area contributed by atoms with E-state index in [9.17, 15) is 10.1 Å². The number of nitriles is 1. The van der Waals surface area contributed by atoms with Crippen molar-refractivity contribution >= 4 is 22.5 Å². The molecule has 144 valence electrons. The highest BCUT2D eigenvalue weighted by atomic mass is 16.2. The quantitative estimate of drug-likeness (QED) is 0.745. The summed E-state index contributed by atoms with van der Waals surface area (Å²) < 4.78 is 1.77. The SMILES string of the molecule is Cn1cc([C@H]2C[C@@H]2C(=O)Nc2cc3cc([C@@]4(C#N)CC45CC5)ccc3cn2)cn1. The van der Waals surface area contributed by atoms with Crippen LogP contribution in [0.1, 0.15) is 42.7 Å². The molecule has 1 N–H and O–H groups in total. The fraction of sp³-hybridized carbons (Fsp3) is 0.391. The molecular weight excluding hydrogens is 362 g/mol. The third-order valence-corrected chi connectivity index (χ3v) is 7.17. The Morgan fingerprint density at radius 2 is 2.14 bits per heavy atom. The van der Waals surface area contributed by atoms with Crippen molar-refractivity contribution in [1.29, 1.82) is 5.26 Å². The van der Waals surface area contributed by atoms with E-state index in [1.807, 2.05) is 31.6 Å². The predicted molar refractivity (Wildman–Crippen MR) is 108 cm³/mol. The number of hydrogen-bond acceptors (Lipinski definition) is 4. The lowest BCUT2D eigenvalue weighted by molar-refractivity contribution is -0.117. The molecule has 29 heavy (non-hydrogen) atoms. The van der Waals surface area contributed by atoms with Crippen LogP contribution in [0.15, 0.2) is 42.9 Å². The van der Waals surface area contributed by atoms with Crippen LogP contribution in [-0.2, 0) is 17.3 Å². The number of carbonyl (C=O) groups excluding carboxylic acids is 1. The topological polar surface area (TPSA) is 83.6 Å². The van der Waals surface area contributed by atoms with Crippen molar-refractivity contribution in [1.82, 2.24) is 14.8 Å². The molecule has 3 saturated carbocycles. The number of nitrogens with one attached hydrogen (secondary N) is 1. The van der Waals surface area contributed by atoms with Crippen molar-refractivity contribution in [2.24, 2.45) is 18.4 Å². The summed E-state index contributed by atoms with van der Waals surface area (Å²) >= 11 is 0. The first kappa shape index (κ1) is 16.7. The molecule has 1 aromatic carbocycles. The molecule has 0 bridgehead atoms. The summed E-state index contributed by atoms with van der Waals surface area (Å²) in [7, 11) is 1.89. The lowest BCUT2D eigenvalue weighted by Crippen LogP contribution is -2.15. The maximum atomic E-state index is 12.7. The van der Waals surface area contributed by atoms with Gasteiger partial charge < -0.3 is 5.32 Å². The number of nitrogens with zero attached hydrogens (tertiary/aromatic N) is 4. The van der Waals surface area contributed by atoms with E-state index >= 15 is 0 Å². The second kappa shape index (κ2) is 5.44. The molecule has 0 saturated heterocycles. The van der Waals surface area contributed by atoms with E-state index < -0.39 is 0 Å². The largest absolute Gasteiger partial charge is 0.310 e. The van der Waals surface area contributed by atoms with E-state index in [4.69, 9.17) is 0 Å². The number of rotatable bonds is 4. The smallest absolute Gasteiger partial charge is 0.229 e. The van der Waals surface area contributed by atoms with E-state index in [0.29, 0.717) is 5.82 Å². The second-order valence-corrected chi connectivity index (χ2v) is 8.99. The number of amides is 1. The normalized spacial score (nSPS) is 28.1. The first-order chi connectivity index (χ1) is 14.0. The molecule has 3 aliphatic rings. The van der Waals surface area contributed by atoms with Crippen molar-refractivity contribution in [3.63, 3.8) is 0 Å². The number of hydrogen-bond donors (Lipinski definition) is 1. The zero-order valence-corrected chi connectivity index (χ0v) is 16.2. The standard InChI is InChI=1S/C23H21N5O/c1-28-11-16(10-26-28)18-8-19(18)21(29)27-20-7-15-6-17(3-2-14(15)9-25-20)23(13-24)12-22(23)4-5-22/h2-3,6-7,9-11,18-19H,4-5,8,12H2,1H3,(H,25,27,29)/t18-,19+,23+/m1/s1. The van der Waals surface area contributed by atoms with Gasteiger partial charge in [-0.2, -0.15) is 10.4 Å². The van der Waals surface area contributed by atoms with Gasteiger partial charge in [-0.15, -0.1) is 0 Å². The molecular formula is C23H21N5O. The van der Waals surface area contributed by atoms with Gasteiger partial charge in [0, 0.05) is 30.7 Å². The Labute approximate surface area is 168 Å². The number of aryl methyl sites for hydroxylation is 1. The van der Waals surface area contributed by atoms with Crippen LogP contribution in [0.4, 0.5) is 5.82 Å². The lowest BCUT2D eigenvalue weighted by Gasteiger charge is -2.11. The van der Waals surface area contributed by atoms with Gasteiger partial charge in [0.1, 0.15) is 5.82 Å². The maximum absolute atomic E-state index is 12.7. The molecule has 3 aromatic rings. The Hall–Kier alpha value is -3.20. The summed E-state index contributed by atoms with van der Waals surface area (Å²) in [6.45, 7) is 0. The highest BCUT2D eigenvalue weighted by Gasteiger charge is 2.75. The summed E-state index contributed by atoms with van der Waals surface area (Å²) in [5.74, 6) is 0.802. The fourth-order valence-corrected chi connectivity index (χ4v) is 5.03. The van der Waals surface area contributed by atoms with Crippen LogP contribution < -0.4 is 5.32 Å². The average Bonchev–Trinajstić information content (AvgIpc) is 3.67. The minimum atomic E-state index is -0.307. The van der Waals surface area contributed by atoms with Crippen LogP contribution in [-0.4, -0.2) is 20.7 Å². The number of benzene rings is 1. The van der Waals surface area contributed by atoms with E-state index in [-0.39, 0.29) is 28.6 Å². The Kier molecular flexibility index (Phi) is 3.14. The van der Waals surface area contributed by atoms with Crippen molar-refractivity contribution in [3.05, 3.63) is 54.0 Å². The van der Waals surface area contributed by atoms with Crippen LogP contribution in [0.3, 0.4) is 0 Å².